The Hall–Kier alpha value is -1.03. The molecule has 0 radical (unpaired) electrons. The van der Waals surface area contributed by atoms with Crippen molar-refractivity contribution in [2.45, 2.75) is 26.3 Å². The molecule has 0 bridgehead atoms. The molecular formula is C11H14BrNO2. The van der Waals surface area contributed by atoms with Gasteiger partial charge in [-0.3, -0.25) is 0 Å². The van der Waals surface area contributed by atoms with Crippen LogP contribution in [0.3, 0.4) is 0 Å². The van der Waals surface area contributed by atoms with Crippen molar-refractivity contribution in [1.82, 2.24) is 0 Å². The van der Waals surface area contributed by atoms with Gasteiger partial charge in [0.15, 0.2) is 0 Å². The highest BCUT2D eigenvalue weighted by atomic mass is 79.9. The molecule has 0 fully saturated rings. The van der Waals surface area contributed by atoms with Gasteiger partial charge >= 0.3 is 5.97 Å². The Labute approximate surface area is 97.6 Å². The van der Waals surface area contributed by atoms with E-state index in [1.165, 1.54) is 0 Å². The molecule has 82 valence electrons. The van der Waals surface area contributed by atoms with Gasteiger partial charge in [-0.15, -0.1) is 0 Å². The Morgan fingerprint density at radius 1 is 1.60 bits per heavy atom. The topological polar surface area (TPSA) is 49.3 Å². The molecule has 0 saturated heterocycles. The molecule has 3 nitrogen and oxygen atoms in total. The van der Waals surface area contributed by atoms with Crippen LogP contribution in [0.4, 0.5) is 5.69 Å². The Morgan fingerprint density at radius 2 is 2.27 bits per heavy atom. The van der Waals surface area contributed by atoms with Crippen LogP contribution in [-0.4, -0.2) is 17.1 Å². The van der Waals surface area contributed by atoms with Crippen LogP contribution in [-0.2, 0) is 4.79 Å². The number of benzene rings is 1. The summed E-state index contributed by atoms with van der Waals surface area (Å²) in [6.07, 6.45) is 0.551. The zero-order valence-electron chi connectivity index (χ0n) is 8.75. The summed E-state index contributed by atoms with van der Waals surface area (Å²) in [6, 6.07) is 5.24. The number of carboxylic acid groups (broad SMARTS) is 1. The number of carboxylic acids is 1. The summed E-state index contributed by atoms with van der Waals surface area (Å²) in [7, 11) is 0. The van der Waals surface area contributed by atoms with E-state index in [9.17, 15) is 4.79 Å². The monoisotopic (exact) mass is 271 g/mol. The maximum absolute atomic E-state index is 10.8. The van der Waals surface area contributed by atoms with E-state index in [-0.39, 0.29) is 0 Å². The summed E-state index contributed by atoms with van der Waals surface area (Å²) < 4.78 is 0.891. The molecule has 1 atom stereocenters. The van der Waals surface area contributed by atoms with Crippen molar-refractivity contribution in [3.05, 3.63) is 28.2 Å². The summed E-state index contributed by atoms with van der Waals surface area (Å²) in [6.45, 7) is 3.83. The Morgan fingerprint density at radius 3 is 2.73 bits per heavy atom. The molecule has 0 saturated carbocycles. The fourth-order valence-corrected chi connectivity index (χ4v) is 1.87. The molecule has 0 aliphatic carbocycles. The number of hydrogen-bond donors (Lipinski definition) is 2. The van der Waals surface area contributed by atoms with Gasteiger partial charge in [0.05, 0.1) is 0 Å². The summed E-state index contributed by atoms with van der Waals surface area (Å²) >= 11 is 3.40. The van der Waals surface area contributed by atoms with E-state index in [0.29, 0.717) is 6.42 Å². The molecule has 0 spiro atoms. The number of halogens is 1. The van der Waals surface area contributed by atoms with Crippen LogP contribution < -0.4 is 5.32 Å². The van der Waals surface area contributed by atoms with E-state index in [1.807, 2.05) is 32.0 Å². The first-order valence-corrected chi connectivity index (χ1v) is 5.59. The number of aryl methyl sites for hydroxylation is 1. The summed E-state index contributed by atoms with van der Waals surface area (Å²) in [5.74, 6) is -0.829. The molecule has 1 aromatic rings. The van der Waals surface area contributed by atoms with Crippen molar-refractivity contribution in [2.24, 2.45) is 0 Å². The highest BCUT2D eigenvalue weighted by Crippen LogP contribution is 2.24. The maximum Gasteiger partial charge on any atom is 0.326 e. The average molecular weight is 272 g/mol. The van der Waals surface area contributed by atoms with Gasteiger partial charge in [0.25, 0.3) is 0 Å². The van der Waals surface area contributed by atoms with Crippen molar-refractivity contribution in [3.8, 4) is 0 Å². The molecule has 0 unspecified atom stereocenters. The quantitative estimate of drug-likeness (QED) is 0.885. The zero-order valence-corrected chi connectivity index (χ0v) is 10.3. The SMILES string of the molecule is CC[C@@H](Nc1ccc(C)cc1Br)C(=O)O. The first-order valence-electron chi connectivity index (χ1n) is 4.80. The lowest BCUT2D eigenvalue weighted by Gasteiger charge is -2.15. The van der Waals surface area contributed by atoms with Crippen molar-refractivity contribution >= 4 is 27.6 Å². The fourth-order valence-electron chi connectivity index (χ4n) is 1.26. The smallest absolute Gasteiger partial charge is 0.326 e. The first-order chi connectivity index (χ1) is 7.04. The third-order valence-electron chi connectivity index (χ3n) is 2.16. The molecule has 0 aliphatic heterocycles. The molecule has 0 heterocycles. The van der Waals surface area contributed by atoms with Crippen LogP contribution in [0.1, 0.15) is 18.9 Å². The van der Waals surface area contributed by atoms with Crippen LogP contribution in [0.5, 0.6) is 0 Å². The van der Waals surface area contributed by atoms with E-state index < -0.39 is 12.0 Å². The minimum absolute atomic E-state index is 0.538. The van der Waals surface area contributed by atoms with Gasteiger partial charge in [-0.1, -0.05) is 13.0 Å². The van der Waals surface area contributed by atoms with E-state index >= 15 is 0 Å². The average Bonchev–Trinajstić information content (AvgIpc) is 2.16. The molecule has 0 aliphatic rings. The standard InChI is InChI=1S/C11H14BrNO2/c1-3-9(11(14)15)13-10-5-4-7(2)6-8(10)12/h4-6,9,13H,3H2,1-2H3,(H,14,15)/t9-/m1/s1. The molecule has 0 amide bonds. The predicted molar refractivity (Wildman–Crippen MR) is 64.2 cm³/mol. The Bertz CT molecular complexity index is 366. The summed E-state index contributed by atoms with van der Waals surface area (Å²) in [4.78, 5) is 10.8. The van der Waals surface area contributed by atoms with Gasteiger partial charge in [0, 0.05) is 10.2 Å². The van der Waals surface area contributed by atoms with Crippen LogP contribution in [0.25, 0.3) is 0 Å². The Balaban J connectivity index is 2.84. The minimum Gasteiger partial charge on any atom is -0.480 e. The van der Waals surface area contributed by atoms with Crippen LogP contribution in [0.15, 0.2) is 22.7 Å². The number of carbonyl (C=O) groups is 1. The molecule has 15 heavy (non-hydrogen) atoms. The van der Waals surface area contributed by atoms with Crippen molar-refractivity contribution < 1.29 is 9.90 Å². The fraction of sp³-hybridized carbons (Fsp3) is 0.364. The number of hydrogen-bond acceptors (Lipinski definition) is 2. The second-order valence-electron chi connectivity index (χ2n) is 3.43. The molecule has 0 aromatic heterocycles. The minimum atomic E-state index is -0.829. The molecular weight excluding hydrogens is 258 g/mol. The molecule has 4 heteroatoms. The van der Waals surface area contributed by atoms with Crippen LogP contribution in [0, 0.1) is 6.92 Å². The highest BCUT2D eigenvalue weighted by molar-refractivity contribution is 9.10. The highest BCUT2D eigenvalue weighted by Gasteiger charge is 2.15. The van der Waals surface area contributed by atoms with E-state index in [4.69, 9.17) is 5.11 Å². The van der Waals surface area contributed by atoms with Gasteiger partial charge in [0.2, 0.25) is 0 Å². The van der Waals surface area contributed by atoms with Crippen LogP contribution in [0.2, 0.25) is 0 Å². The van der Waals surface area contributed by atoms with Crippen LogP contribution >= 0.6 is 15.9 Å². The number of rotatable bonds is 4. The molecule has 1 aromatic carbocycles. The second kappa shape index (κ2) is 5.16. The number of aliphatic carboxylic acids is 1. The normalized spacial score (nSPS) is 12.2. The van der Waals surface area contributed by atoms with Gasteiger partial charge in [-0.05, 0) is 47.0 Å². The lowest BCUT2D eigenvalue weighted by Crippen LogP contribution is -2.28. The number of anilines is 1. The third-order valence-corrected chi connectivity index (χ3v) is 2.82. The summed E-state index contributed by atoms with van der Waals surface area (Å²) in [5.41, 5.74) is 1.95. The van der Waals surface area contributed by atoms with Gasteiger partial charge in [-0.25, -0.2) is 4.79 Å². The molecule has 2 N–H and O–H groups in total. The Kier molecular flexibility index (Phi) is 4.15. The largest absolute Gasteiger partial charge is 0.480 e. The van der Waals surface area contributed by atoms with Crippen molar-refractivity contribution in [2.75, 3.05) is 5.32 Å². The van der Waals surface area contributed by atoms with E-state index in [1.54, 1.807) is 0 Å². The zero-order chi connectivity index (χ0) is 11.4. The maximum atomic E-state index is 10.8. The lowest BCUT2D eigenvalue weighted by molar-refractivity contribution is -0.137. The molecule has 1 rings (SSSR count). The second-order valence-corrected chi connectivity index (χ2v) is 4.28. The van der Waals surface area contributed by atoms with Crippen molar-refractivity contribution in [3.63, 3.8) is 0 Å². The summed E-state index contributed by atoms with van der Waals surface area (Å²) in [5, 5.41) is 11.9. The first kappa shape index (κ1) is 12.0. The van der Waals surface area contributed by atoms with Gasteiger partial charge < -0.3 is 10.4 Å². The lowest BCUT2D eigenvalue weighted by atomic mass is 10.2. The predicted octanol–water partition coefficient (Wildman–Crippen LogP) is 3.03. The van der Waals surface area contributed by atoms with Gasteiger partial charge in [-0.2, -0.15) is 0 Å². The number of nitrogens with one attached hydrogen (secondary N) is 1. The van der Waals surface area contributed by atoms with E-state index in [0.717, 1.165) is 15.7 Å². The van der Waals surface area contributed by atoms with E-state index in [2.05, 4.69) is 21.2 Å². The van der Waals surface area contributed by atoms with Gasteiger partial charge in [0.1, 0.15) is 6.04 Å². The van der Waals surface area contributed by atoms with Crippen molar-refractivity contribution in [1.29, 1.82) is 0 Å². The third kappa shape index (κ3) is 3.23.